The number of anilines is 1. The number of carbonyl (C=O) groups excluding carboxylic acids is 2. The van der Waals surface area contributed by atoms with Gasteiger partial charge in [-0.3, -0.25) is 13.9 Å². The molecule has 0 aliphatic heterocycles. The van der Waals surface area contributed by atoms with Gasteiger partial charge in [0.25, 0.3) is 10.0 Å². The molecule has 0 aromatic heterocycles. The lowest BCUT2D eigenvalue weighted by Crippen LogP contribution is -2.54. The Balaban J connectivity index is 1.61. The van der Waals surface area contributed by atoms with Gasteiger partial charge in [-0.2, -0.15) is 13.2 Å². The zero-order chi connectivity index (χ0) is 36.1. The Bertz CT molecular complexity index is 1920. The monoisotopic (exact) mass is 725 g/mol. The molecule has 264 valence electrons. The van der Waals surface area contributed by atoms with Crippen molar-refractivity contribution in [3.8, 4) is 0 Å². The minimum absolute atomic E-state index is 0.0526. The Morgan fingerprint density at radius 3 is 2.16 bits per heavy atom. The van der Waals surface area contributed by atoms with Crippen LogP contribution in [0.2, 0.25) is 5.02 Å². The molecule has 50 heavy (non-hydrogen) atoms. The number of nitrogens with one attached hydrogen (secondary N) is 1. The molecule has 2 amide bonds. The van der Waals surface area contributed by atoms with E-state index in [1.165, 1.54) is 17.0 Å². The first-order valence-corrected chi connectivity index (χ1v) is 18.2. The summed E-state index contributed by atoms with van der Waals surface area (Å²) in [5.74, 6) is -1.16. The number of alkyl halides is 3. The summed E-state index contributed by atoms with van der Waals surface area (Å²) in [5.41, 5.74) is 1.50. The van der Waals surface area contributed by atoms with E-state index in [1.54, 1.807) is 25.1 Å². The van der Waals surface area contributed by atoms with E-state index < -0.39 is 51.0 Å². The number of benzene rings is 4. The highest BCUT2D eigenvalue weighted by molar-refractivity contribution is 7.92. The number of amides is 2. The van der Waals surface area contributed by atoms with Crippen molar-refractivity contribution in [2.75, 3.05) is 10.8 Å². The van der Waals surface area contributed by atoms with E-state index >= 15 is 0 Å². The number of nitrogens with zero attached hydrogens (tertiary/aromatic N) is 2. The van der Waals surface area contributed by atoms with E-state index in [9.17, 15) is 31.2 Å². The first-order valence-electron chi connectivity index (χ1n) is 16.4. The molecule has 1 N–H and O–H groups in total. The molecule has 5 rings (SSSR count). The summed E-state index contributed by atoms with van der Waals surface area (Å²) in [4.78, 5) is 29.9. The van der Waals surface area contributed by atoms with Crippen LogP contribution >= 0.6 is 11.6 Å². The zero-order valence-electron chi connectivity index (χ0n) is 27.8. The summed E-state index contributed by atoms with van der Waals surface area (Å²) in [6.07, 6.45) is -1.24. The van der Waals surface area contributed by atoms with Gasteiger partial charge in [-0.15, -0.1) is 0 Å². The maximum Gasteiger partial charge on any atom is 0.417 e. The molecule has 0 saturated heterocycles. The quantitative estimate of drug-likeness (QED) is 0.161. The maximum atomic E-state index is 14.7. The number of carbonyl (C=O) groups is 2. The van der Waals surface area contributed by atoms with Crippen LogP contribution in [0.15, 0.2) is 102 Å². The Labute approximate surface area is 296 Å². The molecule has 0 radical (unpaired) electrons. The van der Waals surface area contributed by atoms with Crippen LogP contribution in [0.3, 0.4) is 0 Å². The topological polar surface area (TPSA) is 86.8 Å². The average Bonchev–Trinajstić information content (AvgIpc) is 3.58. The summed E-state index contributed by atoms with van der Waals surface area (Å²) in [6.45, 7) is 2.71. The first-order chi connectivity index (χ1) is 23.7. The molecule has 12 heteroatoms. The molecular weight excluding hydrogens is 687 g/mol. The summed E-state index contributed by atoms with van der Waals surface area (Å²) in [6, 6.07) is 23.9. The molecule has 4 aromatic rings. The van der Waals surface area contributed by atoms with Crippen LogP contribution in [0.1, 0.15) is 53.5 Å². The lowest BCUT2D eigenvalue weighted by atomic mass is 10.0. The normalized spacial score (nSPS) is 14.3. The summed E-state index contributed by atoms with van der Waals surface area (Å²) >= 11 is 5.91. The maximum absolute atomic E-state index is 14.7. The Morgan fingerprint density at radius 2 is 1.52 bits per heavy atom. The molecule has 7 nitrogen and oxygen atoms in total. The second kappa shape index (κ2) is 15.7. The van der Waals surface area contributed by atoms with Gasteiger partial charge in [-0.25, -0.2) is 8.42 Å². The number of hydrogen-bond donors (Lipinski definition) is 1. The average molecular weight is 726 g/mol. The minimum atomic E-state index is -4.90. The largest absolute Gasteiger partial charge is 0.417 e. The van der Waals surface area contributed by atoms with E-state index in [2.05, 4.69) is 5.32 Å². The Kier molecular flexibility index (Phi) is 11.6. The molecule has 0 bridgehead atoms. The molecule has 0 heterocycles. The van der Waals surface area contributed by atoms with Crippen molar-refractivity contribution in [3.05, 3.63) is 130 Å². The van der Waals surface area contributed by atoms with E-state index in [0.29, 0.717) is 15.9 Å². The summed E-state index contributed by atoms with van der Waals surface area (Å²) in [7, 11) is -4.60. The van der Waals surface area contributed by atoms with Gasteiger partial charge in [-0.1, -0.05) is 102 Å². The standard InChI is InChI=1S/C38H39ClF3N3O4S/c1-26-15-18-32(19-16-26)50(48,49)45(31-17-20-34(39)33(23-31)38(40,41)42)25-36(46)44(24-29-12-8-9-27(2)21-29)35(22-28-10-4-3-5-11-28)37(47)43-30-13-6-7-14-30/h3-5,8-12,15-21,23,30,35H,6-7,13-14,22,24-25H2,1-2H3,(H,43,47)/t35-/m1/s1. The molecule has 1 atom stereocenters. The van der Waals surface area contributed by atoms with E-state index in [-0.39, 0.29) is 29.8 Å². The van der Waals surface area contributed by atoms with Crippen molar-refractivity contribution < 1.29 is 31.2 Å². The molecule has 1 fully saturated rings. The van der Waals surface area contributed by atoms with Crippen LogP contribution in [-0.4, -0.2) is 43.8 Å². The second-order valence-electron chi connectivity index (χ2n) is 12.7. The Morgan fingerprint density at radius 1 is 0.860 bits per heavy atom. The number of hydrogen-bond acceptors (Lipinski definition) is 4. The number of rotatable bonds is 12. The summed E-state index contributed by atoms with van der Waals surface area (Å²) < 4.78 is 71.2. The molecule has 4 aromatic carbocycles. The Hall–Kier alpha value is -4.35. The molecule has 1 saturated carbocycles. The SMILES string of the molecule is Cc1ccc(S(=O)(=O)N(CC(=O)N(Cc2cccc(C)c2)[C@H](Cc2ccccc2)C(=O)NC2CCCC2)c2ccc(Cl)c(C(F)(F)F)c2)cc1. The van der Waals surface area contributed by atoms with Crippen LogP contribution in [0.5, 0.6) is 0 Å². The predicted molar refractivity (Wildman–Crippen MR) is 188 cm³/mol. The van der Waals surface area contributed by atoms with E-state index in [4.69, 9.17) is 11.6 Å². The fraction of sp³-hybridized carbons (Fsp3) is 0.316. The van der Waals surface area contributed by atoms with Crippen molar-refractivity contribution >= 4 is 39.1 Å². The van der Waals surface area contributed by atoms with Gasteiger partial charge in [0.15, 0.2) is 0 Å². The number of aryl methyl sites for hydroxylation is 2. The van der Waals surface area contributed by atoms with Gasteiger partial charge in [-0.05, 0) is 68.1 Å². The molecule has 1 aliphatic carbocycles. The highest BCUT2D eigenvalue weighted by Crippen LogP contribution is 2.38. The van der Waals surface area contributed by atoms with Crippen molar-refractivity contribution in [1.29, 1.82) is 0 Å². The third kappa shape index (κ3) is 9.05. The van der Waals surface area contributed by atoms with E-state index in [1.807, 2.05) is 55.5 Å². The van der Waals surface area contributed by atoms with Gasteiger partial charge >= 0.3 is 6.18 Å². The van der Waals surface area contributed by atoms with Crippen LogP contribution in [-0.2, 0) is 38.8 Å². The van der Waals surface area contributed by atoms with E-state index in [0.717, 1.165) is 54.5 Å². The molecule has 0 spiro atoms. The van der Waals surface area contributed by atoms with Crippen molar-refractivity contribution in [3.63, 3.8) is 0 Å². The fourth-order valence-electron chi connectivity index (χ4n) is 6.18. The van der Waals surface area contributed by atoms with Crippen molar-refractivity contribution in [2.24, 2.45) is 0 Å². The highest BCUT2D eigenvalue weighted by Gasteiger charge is 2.38. The van der Waals surface area contributed by atoms with Crippen molar-refractivity contribution in [1.82, 2.24) is 10.2 Å². The predicted octanol–water partition coefficient (Wildman–Crippen LogP) is 7.87. The van der Waals surface area contributed by atoms with Gasteiger partial charge in [0, 0.05) is 19.0 Å². The zero-order valence-corrected chi connectivity index (χ0v) is 29.4. The lowest BCUT2D eigenvalue weighted by molar-refractivity contribution is -0.140. The fourth-order valence-corrected chi connectivity index (χ4v) is 7.81. The van der Waals surface area contributed by atoms with Gasteiger partial charge in [0.2, 0.25) is 11.8 Å². The van der Waals surface area contributed by atoms with Gasteiger partial charge in [0.1, 0.15) is 12.6 Å². The second-order valence-corrected chi connectivity index (χ2v) is 15.0. The van der Waals surface area contributed by atoms with Crippen molar-refractivity contribution in [2.45, 2.75) is 75.7 Å². The number of sulfonamides is 1. The van der Waals surface area contributed by atoms with Gasteiger partial charge < -0.3 is 10.2 Å². The third-order valence-corrected chi connectivity index (χ3v) is 11.0. The van der Waals surface area contributed by atoms with Crippen LogP contribution in [0, 0.1) is 13.8 Å². The molecule has 0 unspecified atom stereocenters. The lowest BCUT2D eigenvalue weighted by Gasteiger charge is -2.34. The van der Waals surface area contributed by atoms with Gasteiger partial charge in [0.05, 0.1) is 21.2 Å². The summed E-state index contributed by atoms with van der Waals surface area (Å²) in [5, 5.41) is 2.49. The highest BCUT2D eigenvalue weighted by atomic mass is 35.5. The van der Waals surface area contributed by atoms with Crippen LogP contribution in [0.4, 0.5) is 18.9 Å². The third-order valence-electron chi connectivity index (χ3n) is 8.84. The minimum Gasteiger partial charge on any atom is -0.352 e. The van der Waals surface area contributed by atoms with Crippen LogP contribution in [0.25, 0.3) is 0 Å². The smallest absolute Gasteiger partial charge is 0.352 e. The molecular formula is C38H39ClF3N3O4S. The van der Waals surface area contributed by atoms with Crippen LogP contribution < -0.4 is 9.62 Å². The first kappa shape index (κ1) is 36.9. The molecule has 1 aliphatic rings. The number of halogens is 4.